The first kappa shape index (κ1) is 20.0. The lowest BCUT2D eigenvalue weighted by atomic mass is 10.2. The van der Waals surface area contributed by atoms with Gasteiger partial charge in [-0.25, -0.2) is 19.9 Å². The SMILES string of the molecule is Cc1nc(N2CCN(C(=O)c3cnc4ccccc4n3)CC2)cc(-n2cnc(C)c2C)n1. The molecule has 0 radical (unpaired) electrons. The Hall–Kier alpha value is -3.88. The number of rotatable bonds is 3. The lowest BCUT2D eigenvalue weighted by Crippen LogP contribution is -2.49. The van der Waals surface area contributed by atoms with E-state index >= 15 is 0 Å². The van der Waals surface area contributed by atoms with Crippen molar-refractivity contribution < 1.29 is 4.79 Å². The molecule has 9 heteroatoms. The number of aryl methyl sites for hydroxylation is 2. The summed E-state index contributed by atoms with van der Waals surface area (Å²) < 4.78 is 1.98. The number of carbonyl (C=O) groups excluding carboxylic acids is 1. The lowest BCUT2D eigenvalue weighted by molar-refractivity contribution is 0.0740. The van der Waals surface area contributed by atoms with Gasteiger partial charge < -0.3 is 9.80 Å². The van der Waals surface area contributed by atoms with E-state index in [1.165, 1.54) is 0 Å². The summed E-state index contributed by atoms with van der Waals surface area (Å²) in [5.74, 6) is 2.27. The maximum absolute atomic E-state index is 13.0. The zero-order valence-corrected chi connectivity index (χ0v) is 18.4. The van der Waals surface area contributed by atoms with E-state index < -0.39 is 0 Å². The van der Waals surface area contributed by atoms with Gasteiger partial charge in [-0.05, 0) is 32.9 Å². The number of fused-ring (bicyclic) bond motifs is 1. The number of aromatic nitrogens is 6. The van der Waals surface area contributed by atoms with Gasteiger partial charge in [-0.1, -0.05) is 12.1 Å². The fraction of sp³-hybridized carbons (Fsp3) is 0.304. The second kappa shape index (κ2) is 7.99. The topological polar surface area (TPSA) is 92.9 Å². The van der Waals surface area contributed by atoms with Gasteiger partial charge in [-0.3, -0.25) is 14.3 Å². The summed E-state index contributed by atoms with van der Waals surface area (Å²) in [6.45, 7) is 8.46. The Kier molecular flexibility index (Phi) is 5.01. The van der Waals surface area contributed by atoms with E-state index in [0.29, 0.717) is 37.7 Å². The van der Waals surface area contributed by atoms with Crippen LogP contribution >= 0.6 is 0 Å². The first-order valence-electron chi connectivity index (χ1n) is 10.6. The van der Waals surface area contributed by atoms with E-state index in [4.69, 9.17) is 0 Å². The standard InChI is InChI=1S/C23H24N8O/c1-15-16(2)31(14-25-15)22-12-21(26-17(3)27-22)29-8-10-30(11-9-29)23(32)20-13-24-18-6-4-5-7-19(18)28-20/h4-7,12-14H,8-11H2,1-3H3. The monoisotopic (exact) mass is 428 g/mol. The number of piperazine rings is 1. The van der Waals surface area contributed by atoms with Crippen LogP contribution in [0.1, 0.15) is 27.7 Å². The first-order chi connectivity index (χ1) is 15.5. The zero-order chi connectivity index (χ0) is 22.2. The largest absolute Gasteiger partial charge is 0.353 e. The van der Waals surface area contributed by atoms with E-state index in [0.717, 1.165) is 34.1 Å². The van der Waals surface area contributed by atoms with E-state index in [1.54, 1.807) is 12.5 Å². The van der Waals surface area contributed by atoms with Crippen molar-refractivity contribution in [1.29, 1.82) is 0 Å². The second-order valence-corrected chi connectivity index (χ2v) is 7.94. The molecule has 9 nitrogen and oxygen atoms in total. The van der Waals surface area contributed by atoms with E-state index in [2.05, 4.69) is 29.8 Å². The van der Waals surface area contributed by atoms with Crippen molar-refractivity contribution in [2.24, 2.45) is 0 Å². The number of benzene rings is 1. The van der Waals surface area contributed by atoms with Crippen LogP contribution in [0, 0.1) is 20.8 Å². The number of para-hydroxylation sites is 2. The van der Waals surface area contributed by atoms with Gasteiger partial charge >= 0.3 is 0 Å². The summed E-state index contributed by atoms with van der Waals surface area (Å²) in [6, 6.07) is 9.55. The van der Waals surface area contributed by atoms with Crippen LogP contribution in [-0.4, -0.2) is 66.5 Å². The van der Waals surface area contributed by atoms with Crippen molar-refractivity contribution >= 4 is 22.8 Å². The molecule has 1 saturated heterocycles. The van der Waals surface area contributed by atoms with Gasteiger partial charge in [-0.15, -0.1) is 0 Å². The molecular weight excluding hydrogens is 404 g/mol. The Morgan fingerprint density at radius 1 is 0.875 bits per heavy atom. The number of hydrogen-bond acceptors (Lipinski definition) is 7. The molecule has 162 valence electrons. The van der Waals surface area contributed by atoms with Gasteiger partial charge in [0.2, 0.25) is 0 Å². The second-order valence-electron chi connectivity index (χ2n) is 7.94. The predicted octanol–water partition coefficient (Wildman–Crippen LogP) is 2.49. The molecule has 4 heterocycles. The molecule has 0 bridgehead atoms. The van der Waals surface area contributed by atoms with Gasteiger partial charge in [0, 0.05) is 37.9 Å². The molecule has 0 N–H and O–H groups in total. The lowest BCUT2D eigenvalue weighted by Gasteiger charge is -2.35. The van der Waals surface area contributed by atoms with Crippen molar-refractivity contribution in [3.8, 4) is 5.82 Å². The Morgan fingerprint density at radius 3 is 2.31 bits per heavy atom. The predicted molar refractivity (Wildman–Crippen MR) is 121 cm³/mol. The first-order valence-corrected chi connectivity index (χ1v) is 10.6. The number of anilines is 1. The van der Waals surface area contributed by atoms with Crippen molar-refractivity contribution in [1.82, 2.24) is 34.4 Å². The average Bonchev–Trinajstić information content (AvgIpc) is 3.16. The minimum absolute atomic E-state index is 0.0908. The quantitative estimate of drug-likeness (QED) is 0.495. The average molecular weight is 429 g/mol. The van der Waals surface area contributed by atoms with Gasteiger partial charge in [0.05, 0.1) is 22.9 Å². The fourth-order valence-electron chi connectivity index (χ4n) is 3.91. The van der Waals surface area contributed by atoms with Crippen molar-refractivity contribution in [2.75, 3.05) is 31.1 Å². The minimum Gasteiger partial charge on any atom is -0.353 e. The van der Waals surface area contributed by atoms with Crippen LogP contribution in [0.5, 0.6) is 0 Å². The number of amides is 1. The Bertz CT molecular complexity index is 1310. The summed E-state index contributed by atoms with van der Waals surface area (Å²) in [4.78, 5) is 39.5. The maximum Gasteiger partial charge on any atom is 0.274 e. The van der Waals surface area contributed by atoms with Crippen LogP contribution in [0.15, 0.2) is 42.9 Å². The molecule has 3 aromatic heterocycles. The summed E-state index contributed by atoms with van der Waals surface area (Å²) in [5, 5.41) is 0. The summed E-state index contributed by atoms with van der Waals surface area (Å²) in [7, 11) is 0. The van der Waals surface area contributed by atoms with Gasteiger partial charge in [0.1, 0.15) is 29.5 Å². The van der Waals surface area contributed by atoms with Crippen LogP contribution in [0.4, 0.5) is 5.82 Å². The maximum atomic E-state index is 13.0. The van der Waals surface area contributed by atoms with Crippen LogP contribution < -0.4 is 4.90 Å². The highest BCUT2D eigenvalue weighted by Crippen LogP contribution is 2.20. The highest BCUT2D eigenvalue weighted by Gasteiger charge is 2.25. The van der Waals surface area contributed by atoms with Crippen LogP contribution in [0.2, 0.25) is 0 Å². The van der Waals surface area contributed by atoms with E-state index in [-0.39, 0.29) is 5.91 Å². The number of hydrogen-bond donors (Lipinski definition) is 0. The van der Waals surface area contributed by atoms with Crippen molar-refractivity contribution in [3.63, 3.8) is 0 Å². The highest BCUT2D eigenvalue weighted by atomic mass is 16.2. The third-order valence-electron chi connectivity index (χ3n) is 5.87. The van der Waals surface area contributed by atoms with Gasteiger partial charge in [0.25, 0.3) is 5.91 Å². The molecule has 0 spiro atoms. The number of imidazole rings is 1. The molecule has 1 fully saturated rings. The number of carbonyl (C=O) groups is 1. The smallest absolute Gasteiger partial charge is 0.274 e. The third kappa shape index (κ3) is 3.66. The van der Waals surface area contributed by atoms with Crippen LogP contribution in [0.25, 0.3) is 16.9 Å². The Morgan fingerprint density at radius 2 is 1.59 bits per heavy atom. The number of nitrogens with zero attached hydrogens (tertiary/aromatic N) is 8. The molecule has 1 amide bonds. The normalized spacial score (nSPS) is 14.2. The minimum atomic E-state index is -0.0908. The van der Waals surface area contributed by atoms with Gasteiger partial charge in [-0.2, -0.15) is 0 Å². The molecule has 0 aliphatic carbocycles. The van der Waals surface area contributed by atoms with Crippen LogP contribution in [-0.2, 0) is 0 Å². The summed E-state index contributed by atoms with van der Waals surface area (Å²) in [6.07, 6.45) is 3.35. The third-order valence-corrected chi connectivity index (χ3v) is 5.87. The molecular formula is C23H24N8O. The summed E-state index contributed by atoms with van der Waals surface area (Å²) >= 11 is 0. The molecule has 1 aromatic carbocycles. The van der Waals surface area contributed by atoms with Crippen molar-refractivity contribution in [2.45, 2.75) is 20.8 Å². The molecule has 4 aromatic rings. The zero-order valence-electron chi connectivity index (χ0n) is 18.4. The molecule has 1 aliphatic rings. The summed E-state index contributed by atoms with van der Waals surface area (Å²) in [5.41, 5.74) is 3.93. The van der Waals surface area contributed by atoms with Crippen molar-refractivity contribution in [3.05, 3.63) is 65.8 Å². The molecule has 0 saturated carbocycles. The molecule has 32 heavy (non-hydrogen) atoms. The molecule has 0 unspecified atom stereocenters. The molecule has 0 atom stereocenters. The van der Waals surface area contributed by atoms with E-state index in [9.17, 15) is 4.79 Å². The molecule has 1 aliphatic heterocycles. The van der Waals surface area contributed by atoms with Gasteiger partial charge in [0.15, 0.2) is 0 Å². The fourth-order valence-corrected chi connectivity index (χ4v) is 3.91. The highest BCUT2D eigenvalue weighted by molar-refractivity contribution is 5.94. The Balaban J connectivity index is 1.32. The van der Waals surface area contributed by atoms with Crippen LogP contribution in [0.3, 0.4) is 0 Å². The van der Waals surface area contributed by atoms with E-state index in [1.807, 2.05) is 60.6 Å². The molecule has 5 rings (SSSR count). The Labute approximate surface area is 185 Å².